The molecule has 0 spiro atoms. The Bertz CT molecular complexity index is 1140. The maximum absolute atomic E-state index is 13.0. The summed E-state index contributed by atoms with van der Waals surface area (Å²) in [6.45, 7) is 6.14. The minimum Gasteiger partial charge on any atom is -0.493 e. The quantitative estimate of drug-likeness (QED) is 0.351. The Balaban J connectivity index is 1.85. The molecule has 154 valence electrons. The number of pyridine rings is 1. The van der Waals surface area contributed by atoms with Crippen molar-refractivity contribution in [3.05, 3.63) is 82.5 Å². The lowest BCUT2D eigenvalue weighted by Crippen LogP contribution is -2.12. The summed E-state index contributed by atoms with van der Waals surface area (Å²) in [7, 11) is 0. The van der Waals surface area contributed by atoms with Crippen LogP contribution in [0.4, 0.5) is 0 Å². The van der Waals surface area contributed by atoms with E-state index in [0.717, 1.165) is 51.7 Å². The summed E-state index contributed by atoms with van der Waals surface area (Å²) in [4.78, 5) is 13.0. The van der Waals surface area contributed by atoms with Gasteiger partial charge in [-0.1, -0.05) is 38.1 Å². The van der Waals surface area contributed by atoms with Gasteiger partial charge in [-0.25, -0.2) is 0 Å². The van der Waals surface area contributed by atoms with Gasteiger partial charge >= 0.3 is 0 Å². The molecule has 4 heteroatoms. The van der Waals surface area contributed by atoms with Gasteiger partial charge in [0.15, 0.2) is 5.43 Å². The normalized spacial score (nSPS) is 11.1. The Labute approximate surface area is 176 Å². The third-order valence-corrected chi connectivity index (χ3v) is 5.11. The summed E-state index contributed by atoms with van der Waals surface area (Å²) in [5.41, 5.74) is 3.01. The number of hydrogen-bond acceptors (Lipinski definition) is 3. The van der Waals surface area contributed by atoms with Crippen molar-refractivity contribution in [3.63, 3.8) is 0 Å². The van der Waals surface area contributed by atoms with Crippen LogP contribution < -0.4 is 14.9 Å². The van der Waals surface area contributed by atoms with Gasteiger partial charge in [0.2, 0.25) is 0 Å². The molecule has 0 N–H and O–H groups in total. The maximum Gasteiger partial charge on any atom is 0.197 e. The van der Waals surface area contributed by atoms with Crippen LogP contribution in [0.3, 0.4) is 0 Å². The third kappa shape index (κ3) is 4.04. The van der Waals surface area contributed by atoms with Gasteiger partial charge in [0.1, 0.15) is 11.5 Å². The van der Waals surface area contributed by atoms with Gasteiger partial charge in [-0.05, 0) is 54.8 Å². The lowest BCUT2D eigenvalue weighted by Gasteiger charge is -2.17. The van der Waals surface area contributed by atoms with Gasteiger partial charge < -0.3 is 14.0 Å². The van der Waals surface area contributed by atoms with E-state index >= 15 is 0 Å². The molecule has 30 heavy (non-hydrogen) atoms. The molecule has 0 saturated carbocycles. The monoisotopic (exact) mass is 401 g/mol. The molecule has 0 aliphatic rings. The van der Waals surface area contributed by atoms with E-state index in [1.807, 2.05) is 54.6 Å². The first-order valence-corrected chi connectivity index (χ1v) is 10.6. The van der Waals surface area contributed by atoms with E-state index in [-0.39, 0.29) is 5.43 Å². The fourth-order valence-corrected chi connectivity index (χ4v) is 3.76. The third-order valence-electron chi connectivity index (χ3n) is 5.11. The SMILES string of the molecule is CCCOc1cc(Cn2c3ccccc3c(=O)c3ccccc32)cc(OCCC)c1. The highest BCUT2D eigenvalue weighted by Gasteiger charge is 2.12. The number of hydrogen-bond donors (Lipinski definition) is 0. The van der Waals surface area contributed by atoms with E-state index in [0.29, 0.717) is 19.8 Å². The number of benzene rings is 3. The summed E-state index contributed by atoms with van der Waals surface area (Å²) < 4.78 is 14.0. The number of rotatable bonds is 8. The van der Waals surface area contributed by atoms with Crippen LogP contribution >= 0.6 is 0 Å². The zero-order valence-electron chi connectivity index (χ0n) is 17.6. The number of ether oxygens (including phenoxy) is 2. The Kier molecular flexibility index (Phi) is 6.03. The molecule has 4 aromatic rings. The van der Waals surface area contributed by atoms with Crippen LogP contribution in [0.5, 0.6) is 11.5 Å². The summed E-state index contributed by atoms with van der Waals surface area (Å²) in [5, 5.41) is 1.47. The number of fused-ring (bicyclic) bond motifs is 2. The molecule has 0 aliphatic carbocycles. The van der Waals surface area contributed by atoms with Crippen molar-refractivity contribution in [2.75, 3.05) is 13.2 Å². The Morgan fingerprint density at radius 3 is 1.73 bits per heavy atom. The standard InChI is InChI=1S/C26H27NO3/c1-3-13-29-20-15-19(16-21(17-20)30-14-4-2)18-27-24-11-7-5-9-22(24)26(28)23-10-6-8-12-25(23)27/h5-12,15-17H,3-4,13-14,18H2,1-2H3. The van der Waals surface area contributed by atoms with Gasteiger partial charge in [0, 0.05) is 23.4 Å². The van der Waals surface area contributed by atoms with Gasteiger partial charge in [0.25, 0.3) is 0 Å². The van der Waals surface area contributed by atoms with Crippen LogP contribution in [0.15, 0.2) is 71.5 Å². The zero-order chi connectivity index (χ0) is 20.9. The molecule has 1 aromatic heterocycles. The van der Waals surface area contributed by atoms with Crippen LogP contribution in [-0.4, -0.2) is 17.8 Å². The lowest BCUT2D eigenvalue weighted by atomic mass is 10.1. The van der Waals surface area contributed by atoms with Crippen molar-refractivity contribution in [2.45, 2.75) is 33.2 Å². The van der Waals surface area contributed by atoms with Gasteiger partial charge in [-0.15, -0.1) is 0 Å². The molecule has 4 rings (SSSR count). The molecule has 1 heterocycles. The lowest BCUT2D eigenvalue weighted by molar-refractivity contribution is 0.301. The smallest absolute Gasteiger partial charge is 0.197 e. The van der Waals surface area contributed by atoms with Crippen molar-refractivity contribution >= 4 is 21.8 Å². The number of aromatic nitrogens is 1. The molecule has 0 bridgehead atoms. The molecule has 3 aromatic carbocycles. The molecule has 0 unspecified atom stereocenters. The summed E-state index contributed by atoms with van der Waals surface area (Å²) in [5.74, 6) is 1.63. The van der Waals surface area contributed by atoms with Crippen LogP contribution in [-0.2, 0) is 6.54 Å². The second-order valence-electron chi connectivity index (χ2n) is 7.46. The molecule has 0 radical (unpaired) electrons. The highest BCUT2D eigenvalue weighted by molar-refractivity contribution is 5.93. The average molecular weight is 402 g/mol. The predicted octanol–water partition coefficient (Wildman–Crippen LogP) is 5.78. The molecular weight excluding hydrogens is 374 g/mol. The summed E-state index contributed by atoms with van der Waals surface area (Å²) in [6, 6.07) is 21.7. The fourth-order valence-electron chi connectivity index (χ4n) is 3.76. The van der Waals surface area contributed by atoms with Crippen LogP contribution in [0.1, 0.15) is 32.3 Å². The zero-order valence-corrected chi connectivity index (χ0v) is 17.6. The van der Waals surface area contributed by atoms with Gasteiger partial charge in [0.05, 0.1) is 24.2 Å². The maximum atomic E-state index is 13.0. The average Bonchev–Trinajstić information content (AvgIpc) is 2.79. The van der Waals surface area contributed by atoms with E-state index < -0.39 is 0 Å². The predicted molar refractivity (Wildman–Crippen MR) is 123 cm³/mol. The first-order chi connectivity index (χ1) is 14.7. The molecule has 0 saturated heterocycles. The van der Waals surface area contributed by atoms with E-state index in [2.05, 4.69) is 30.5 Å². The minimum absolute atomic E-state index is 0.0736. The Morgan fingerprint density at radius 2 is 1.23 bits per heavy atom. The van der Waals surface area contributed by atoms with E-state index in [9.17, 15) is 4.79 Å². The molecule has 4 nitrogen and oxygen atoms in total. The van der Waals surface area contributed by atoms with E-state index in [4.69, 9.17) is 9.47 Å². The highest BCUT2D eigenvalue weighted by Crippen LogP contribution is 2.26. The highest BCUT2D eigenvalue weighted by atomic mass is 16.5. The Hall–Kier alpha value is -3.27. The second-order valence-corrected chi connectivity index (χ2v) is 7.46. The van der Waals surface area contributed by atoms with Crippen LogP contribution in [0, 0.1) is 0 Å². The van der Waals surface area contributed by atoms with E-state index in [1.165, 1.54) is 0 Å². The second kappa shape index (κ2) is 9.04. The number of para-hydroxylation sites is 2. The summed E-state index contributed by atoms with van der Waals surface area (Å²) >= 11 is 0. The topological polar surface area (TPSA) is 40.5 Å². The number of nitrogens with zero attached hydrogens (tertiary/aromatic N) is 1. The first-order valence-electron chi connectivity index (χ1n) is 10.6. The van der Waals surface area contributed by atoms with Crippen molar-refractivity contribution < 1.29 is 9.47 Å². The molecule has 0 atom stereocenters. The van der Waals surface area contributed by atoms with Crippen LogP contribution in [0.25, 0.3) is 21.8 Å². The fraction of sp³-hybridized carbons (Fsp3) is 0.269. The largest absolute Gasteiger partial charge is 0.493 e. The first kappa shape index (κ1) is 20.0. The minimum atomic E-state index is 0.0736. The van der Waals surface area contributed by atoms with Gasteiger partial charge in [-0.2, -0.15) is 0 Å². The van der Waals surface area contributed by atoms with Crippen LogP contribution in [0.2, 0.25) is 0 Å². The summed E-state index contributed by atoms with van der Waals surface area (Å²) in [6.07, 6.45) is 1.90. The van der Waals surface area contributed by atoms with Crippen molar-refractivity contribution in [1.29, 1.82) is 0 Å². The van der Waals surface area contributed by atoms with Crippen molar-refractivity contribution in [3.8, 4) is 11.5 Å². The van der Waals surface area contributed by atoms with Crippen molar-refractivity contribution in [2.24, 2.45) is 0 Å². The van der Waals surface area contributed by atoms with E-state index in [1.54, 1.807) is 0 Å². The molecule has 0 aliphatic heterocycles. The van der Waals surface area contributed by atoms with Gasteiger partial charge in [-0.3, -0.25) is 4.79 Å². The van der Waals surface area contributed by atoms with Crippen molar-refractivity contribution in [1.82, 2.24) is 4.57 Å². The molecule has 0 fully saturated rings. The molecular formula is C26H27NO3. The Morgan fingerprint density at radius 1 is 0.733 bits per heavy atom. The molecule has 0 amide bonds.